The topological polar surface area (TPSA) is 9.23 Å². The highest BCUT2D eigenvalue weighted by molar-refractivity contribution is 5.88. The average molecular weight is 395 g/mol. The van der Waals surface area contributed by atoms with Crippen molar-refractivity contribution in [1.82, 2.24) is 0 Å². The fourth-order valence-corrected chi connectivity index (χ4v) is 4.31. The Morgan fingerprint density at radius 3 is 2.30 bits per heavy atom. The van der Waals surface area contributed by atoms with Gasteiger partial charge in [-0.3, -0.25) is 0 Å². The maximum Gasteiger partial charge on any atom is 0.135 e. The smallest absolute Gasteiger partial charge is 0.135 e. The summed E-state index contributed by atoms with van der Waals surface area (Å²) in [4.78, 5) is 0. The predicted molar refractivity (Wildman–Crippen MR) is 128 cm³/mol. The van der Waals surface area contributed by atoms with Crippen LogP contribution >= 0.6 is 0 Å². The van der Waals surface area contributed by atoms with Crippen LogP contribution in [0.2, 0.25) is 0 Å². The van der Waals surface area contributed by atoms with Gasteiger partial charge in [-0.1, -0.05) is 92.2 Å². The standard InChI is InChI=1S/C29H30O/c1-3-12-22(13-4-2)20-25-18-11-19-26-27(23-14-7-5-8-15-23)21-28(30-29(25)26)24-16-9-6-10-17-24/h3,5-10,12,14-17,20-21H,4,11,13,18-19H2,1-2H3/b12-3+,22-20+. The van der Waals surface area contributed by atoms with E-state index < -0.39 is 0 Å². The van der Waals surface area contributed by atoms with Crippen molar-refractivity contribution < 1.29 is 4.74 Å². The number of fused-ring (bicyclic) bond motifs is 1. The molecule has 0 spiro atoms. The fraction of sp³-hybridized carbons (Fsp3) is 0.241. The number of ether oxygens (including phenoxy) is 1. The first-order valence-electron chi connectivity index (χ1n) is 11.1. The molecule has 2 aliphatic rings. The molecule has 1 nitrogen and oxygen atoms in total. The predicted octanol–water partition coefficient (Wildman–Crippen LogP) is 8.25. The summed E-state index contributed by atoms with van der Waals surface area (Å²) in [7, 11) is 0. The van der Waals surface area contributed by atoms with E-state index in [0.29, 0.717) is 0 Å². The number of benzene rings is 2. The Kier molecular flexibility index (Phi) is 6.49. The molecule has 2 aromatic carbocycles. The van der Waals surface area contributed by atoms with Crippen molar-refractivity contribution in [1.29, 1.82) is 0 Å². The lowest BCUT2D eigenvalue weighted by Crippen LogP contribution is -2.12. The van der Waals surface area contributed by atoms with Gasteiger partial charge in [-0.15, -0.1) is 0 Å². The van der Waals surface area contributed by atoms with Gasteiger partial charge >= 0.3 is 0 Å². The van der Waals surface area contributed by atoms with Crippen LogP contribution in [0.5, 0.6) is 0 Å². The molecule has 0 saturated heterocycles. The summed E-state index contributed by atoms with van der Waals surface area (Å²) in [6.45, 7) is 4.33. The van der Waals surface area contributed by atoms with Crippen LogP contribution in [0.3, 0.4) is 0 Å². The molecule has 0 unspecified atom stereocenters. The molecular formula is C29H30O. The molecular weight excluding hydrogens is 364 g/mol. The monoisotopic (exact) mass is 394 g/mol. The zero-order valence-electron chi connectivity index (χ0n) is 18.0. The second-order valence-corrected chi connectivity index (χ2v) is 7.91. The first-order chi connectivity index (χ1) is 14.8. The van der Waals surface area contributed by atoms with Gasteiger partial charge in [-0.2, -0.15) is 0 Å². The van der Waals surface area contributed by atoms with Crippen LogP contribution in [0.1, 0.15) is 57.1 Å². The largest absolute Gasteiger partial charge is 0.456 e. The molecule has 0 fully saturated rings. The highest BCUT2D eigenvalue weighted by atomic mass is 16.5. The molecule has 1 aliphatic heterocycles. The van der Waals surface area contributed by atoms with Crippen molar-refractivity contribution in [3.63, 3.8) is 0 Å². The van der Waals surface area contributed by atoms with Crippen LogP contribution in [0, 0.1) is 0 Å². The summed E-state index contributed by atoms with van der Waals surface area (Å²) < 4.78 is 6.61. The Balaban J connectivity index is 1.89. The third-order valence-corrected chi connectivity index (χ3v) is 5.67. The molecule has 4 rings (SSSR count). The van der Waals surface area contributed by atoms with Gasteiger partial charge in [0.05, 0.1) is 0 Å². The molecule has 0 N–H and O–H groups in total. The van der Waals surface area contributed by atoms with E-state index in [0.717, 1.165) is 49.2 Å². The van der Waals surface area contributed by atoms with Gasteiger partial charge in [0.15, 0.2) is 0 Å². The molecule has 0 atom stereocenters. The van der Waals surface area contributed by atoms with Gasteiger partial charge < -0.3 is 4.74 Å². The lowest BCUT2D eigenvalue weighted by atomic mass is 9.84. The van der Waals surface area contributed by atoms with Gasteiger partial charge in [0.2, 0.25) is 0 Å². The van der Waals surface area contributed by atoms with Crippen molar-refractivity contribution in [2.24, 2.45) is 0 Å². The minimum atomic E-state index is 0.934. The third-order valence-electron chi connectivity index (χ3n) is 5.67. The highest BCUT2D eigenvalue weighted by Gasteiger charge is 2.27. The van der Waals surface area contributed by atoms with Crippen LogP contribution in [0.15, 0.2) is 107 Å². The Labute approximate surface area is 180 Å². The number of rotatable bonds is 6. The minimum absolute atomic E-state index is 0.934. The number of hydrogen-bond acceptors (Lipinski definition) is 1. The van der Waals surface area contributed by atoms with Gasteiger partial charge in [0, 0.05) is 11.1 Å². The summed E-state index contributed by atoms with van der Waals surface area (Å²) in [6, 6.07) is 21.2. The summed E-state index contributed by atoms with van der Waals surface area (Å²) >= 11 is 0. The molecule has 0 radical (unpaired) electrons. The fourth-order valence-electron chi connectivity index (χ4n) is 4.31. The van der Waals surface area contributed by atoms with Crippen molar-refractivity contribution in [3.8, 4) is 0 Å². The Morgan fingerprint density at radius 1 is 0.933 bits per heavy atom. The van der Waals surface area contributed by atoms with Crippen LogP contribution in [-0.4, -0.2) is 0 Å². The van der Waals surface area contributed by atoms with Crippen molar-refractivity contribution in [3.05, 3.63) is 119 Å². The second kappa shape index (κ2) is 9.63. The first-order valence-corrected chi connectivity index (χ1v) is 11.1. The summed E-state index contributed by atoms with van der Waals surface area (Å²) in [5.74, 6) is 2.00. The molecule has 1 aliphatic carbocycles. The SMILES string of the molecule is C/C=C/C(=C\C1=C2OC(c3ccccc3)=CC(c3ccccc3)=C2CCC1)CCC. The Hall–Kier alpha value is -3.06. The van der Waals surface area contributed by atoms with Crippen LogP contribution in [-0.2, 0) is 4.74 Å². The summed E-state index contributed by atoms with van der Waals surface area (Å²) in [5, 5.41) is 0. The van der Waals surface area contributed by atoms with E-state index in [1.807, 2.05) is 0 Å². The van der Waals surface area contributed by atoms with Gasteiger partial charge in [-0.05, 0) is 61.0 Å². The normalized spacial score (nSPS) is 17.1. The molecule has 0 aromatic heterocycles. The van der Waals surface area contributed by atoms with Gasteiger partial charge in [0.25, 0.3) is 0 Å². The molecule has 0 saturated carbocycles. The van der Waals surface area contributed by atoms with E-state index in [-0.39, 0.29) is 0 Å². The molecule has 2 aromatic rings. The molecule has 0 bridgehead atoms. The molecule has 1 heterocycles. The zero-order chi connectivity index (χ0) is 20.8. The van der Waals surface area contributed by atoms with E-state index in [2.05, 4.69) is 98.8 Å². The minimum Gasteiger partial charge on any atom is -0.456 e. The van der Waals surface area contributed by atoms with E-state index in [9.17, 15) is 0 Å². The third kappa shape index (κ3) is 4.41. The molecule has 1 heteroatoms. The molecule has 152 valence electrons. The second-order valence-electron chi connectivity index (χ2n) is 7.91. The lowest BCUT2D eigenvalue weighted by Gasteiger charge is -2.29. The maximum absolute atomic E-state index is 6.61. The zero-order valence-corrected chi connectivity index (χ0v) is 18.0. The molecule has 30 heavy (non-hydrogen) atoms. The number of hydrogen-bond donors (Lipinski definition) is 0. The van der Waals surface area contributed by atoms with Crippen molar-refractivity contribution in [2.75, 3.05) is 0 Å². The maximum atomic E-state index is 6.61. The van der Waals surface area contributed by atoms with E-state index in [4.69, 9.17) is 4.74 Å². The van der Waals surface area contributed by atoms with Crippen LogP contribution in [0.25, 0.3) is 11.3 Å². The van der Waals surface area contributed by atoms with Crippen molar-refractivity contribution >= 4 is 11.3 Å². The average Bonchev–Trinajstić information content (AvgIpc) is 2.80. The highest BCUT2D eigenvalue weighted by Crippen LogP contribution is 2.43. The van der Waals surface area contributed by atoms with Gasteiger partial charge in [-0.25, -0.2) is 0 Å². The van der Waals surface area contributed by atoms with Gasteiger partial charge in [0.1, 0.15) is 11.5 Å². The first kappa shape index (κ1) is 20.2. The quantitative estimate of drug-likeness (QED) is 0.448. The Morgan fingerprint density at radius 2 is 1.63 bits per heavy atom. The van der Waals surface area contributed by atoms with Crippen LogP contribution in [0.4, 0.5) is 0 Å². The lowest BCUT2D eigenvalue weighted by molar-refractivity contribution is 0.372. The van der Waals surface area contributed by atoms with Crippen molar-refractivity contribution in [2.45, 2.75) is 46.0 Å². The van der Waals surface area contributed by atoms with E-state index in [1.54, 1.807) is 0 Å². The number of allylic oxidation sites excluding steroid dienone is 8. The van der Waals surface area contributed by atoms with E-state index in [1.165, 1.54) is 27.9 Å². The summed E-state index contributed by atoms with van der Waals surface area (Å²) in [5.41, 5.74) is 7.72. The van der Waals surface area contributed by atoms with Crippen LogP contribution < -0.4 is 0 Å². The Bertz CT molecular complexity index is 1030. The molecule has 0 amide bonds. The summed E-state index contributed by atoms with van der Waals surface area (Å²) in [6.07, 6.45) is 14.5. The van der Waals surface area contributed by atoms with E-state index >= 15 is 0 Å².